The van der Waals surface area contributed by atoms with Crippen LogP contribution in [0, 0.1) is 0 Å². The Morgan fingerprint density at radius 1 is 1.53 bits per heavy atom. The highest BCUT2D eigenvalue weighted by atomic mass is 35.5. The molecular weight excluding hydrogens is 268 g/mol. The Balaban J connectivity index is 2.40. The first-order valence-electron chi connectivity index (χ1n) is 6.13. The van der Waals surface area contributed by atoms with Crippen LogP contribution in [-0.4, -0.2) is 41.8 Å². The smallest absolute Gasteiger partial charge is 0.242 e. The quantitative estimate of drug-likeness (QED) is 0.662. The predicted octanol–water partition coefficient (Wildman–Crippen LogP) is 1.05. The van der Waals surface area contributed by atoms with Gasteiger partial charge in [0.25, 0.3) is 0 Å². The molecule has 0 bridgehead atoms. The average molecular weight is 283 g/mol. The molecule has 1 aromatic heterocycles. The Labute approximate surface area is 116 Å². The molecule has 0 saturated carbocycles. The highest BCUT2D eigenvalue weighted by Crippen LogP contribution is 2.27. The lowest BCUT2D eigenvalue weighted by Crippen LogP contribution is -2.49. The Bertz CT molecular complexity index is 495. The number of nitrogens with one attached hydrogen (secondary N) is 1. The summed E-state index contributed by atoms with van der Waals surface area (Å²) in [7, 11) is 1.60. The second kappa shape index (κ2) is 5.97. The fraction of sp³-hybridized carbons (Fsp3) is 0.500. The number of likely N-dealkylation sites (N-methyl/N-ethyl adjacent to an activating group) is 1. The van der Waals surface area contributed by atoms with Crippen LogP contribution in [-0.2, 0) is 4.79 Å². The topological polar surface area (TPSA) is 75.2 Å². The average Bonchev–Trinajstić information content (AvgIpc) is 2.46. The fourth-order valence-corrected chi connectivity index (χ4v) is 2.49. The van der Waals surface area contributed by atoms with Gasteiger partial charge in [0.05, 0.1) is 5.56 Å². The number of carbonyl (C=O) groups excluding carboxylic acids is 2. The Kier molecular flexibility index (Phi) is 4.31. The van der Waals surface area contributed by atoms with E-state index in [0.29, 0.717) is 18.6 Å². The van der Waals surface area contributed by atoms with Gasteiger partial charge in [-0.25, -0.2) is 9.97 Å². The van der Waals surface area contributed by atoms with E-state index in [1.807, 2.05) is 4.90 Å². The van der Waals surface area contributed by atoms with E-state index in [4.69, 9.17) is 11.6 Å². The maximum absolute atomic E-state index is 11.9. The van der Waals surface area contributed by atoms with Gasteiger partial charge in [0, 0.05) is 13.6 Å². The number of rotatable bonds is 3. The van der Waals surface area contributed by atoms with E-state index >= 15 is 0 Å². The van der Waals surface area contributed by atoms with E-state index in [0.717, 1.165) is 19.3 Å². The standard InChI is InChI=1S/C12H15ClN4O2/c1-14-12(19)9-4-2-3-5-17(9)11-8(6-18)10(13)15-7-16-11/h6-7,9H,2-5H2,1H3,(H,14,19). The molecule has 1 amide bonds. The molecular formula is C12H15ClN4O2. The summed E-state index contributed by atoms with van der Waals surface area (Å²) in [6.07, 6.45) is 4.60. The molecule has 1 aliphatic rings. The fourth-order valence-electron chi connectivity index (χ4n) is 2.32. The number of hydrogen-bond acceptors (Lipinski definition) is 5. The lowest BCUT2D eigenvalue weighted by molar-refractivity contribution is -0.122. The van der Waals surface area contributed by atoms with Crippen molar-refractivity contribution in [3.8, 4) is 0 Å². The summed E-state index contributed by atoms with van der Waals surface area (Å²) < 4.78 is 0. The van der Waals surface area contributed by atoms with Crippen LogP contribution in [0.15, 0.2) is 6.33 Å². The van der Waals surface area contributed by atoms with E-state index < -0.39 is 0 Å². The van der Waals surface area contributed by atoms with Crippen LogP contribution >= 0.6 is 11.6 Å². The Hall–Kier alpha value is -1.69. The van der Waals surface area contributed by atoms with Crippen LogP contribution in [0.5, 0.6) is 0 Å². The number of piperidine rings is 1. The van der Waals surface area contributed by atoms with Gasteiger partial charge in [-0.15, -0.1) is 0 Å². The minimum atomic E-state index is -0.316. The molecule has 0 aliphatic carbocycles. The summed E-state index contributed by atoms with van der Waals surface area (Å²) in [5.74, 6) is 0.356. The minimum Gasteiger partial charge on any atom is -0.357 e. The largest absolute Gasteiger partial charge is 0.357 e. The number of aldehydes is 1. The number of halogens is 1. The summed E-state index contributed by atoms with van der Waals surface area (Å²) in [4.78, 5) is 32.8. The van der Waals surface area contributed by atoms with Crippen molar-refractivity contribution in [2.75, 3.05) is 18.5 Å². The van der Waals surface area contributed by atoms with Crippen LogP contribution in [0.4, 0.5) is 5.82 Å². The summed E-state index contributed by atoms with van der Waals surface area (Å²) in [5.41, 5.74) is 0.236. The predicted molar refractivity (Wildman–Crippen MR) is 71.5 cm³/mol. The first-order valence-corrected chi connectivity index (χ1v) is 6.50. The highest BCUT2D eigenvalue weighted by molar-refractivity contribution is 6.32. The van der Waals surface area contributed by atoms with Gasteiger partial charge in [-0.05, 0) is 19.3 Å². The third-order valence-corrected chi connectivity index (χ3v) is 3.56. The molecule has 1 atom stereocenters. The molecule has 0 radical (unpaired) electrons. The van der Waals surface area contributed by atoms with Gasteiger partial charge in [-0.1, -0.05) is 11.6 Å². The molecule has 6 nitrogen and oxygen atoms in total. The molecule has 1 N–H and O–H groups in total. The highest BCUT2D eigenvalue weighted by Gasteiger charge is 2.31. The lowest BCUT2D eigenvalue weighted by Gasteiger charge is -2.35. The van der Waals surface area contributed by atoms with Crippen LogP contribution in [0.3, 0.4) is 0 Å². The van der Waals surface area contributed by atoms with Gasteiger partial charge in [0.1, 0.15) is 23.3 Å². The molecule has 2 heterocycles. The molecule has 7 heteroatoms. The second-order valence-corrected chi connectivity index (χ2v) is 4.70. The van der Waals surface area contributed by atoms with E-state index in [2.05, 4.69) is 15.3 Å². The first kappa shape index (κ1) is 13.7. The maximum atomic E-state index is 11.9. The second-order valence-electron chi connectivity index (χ2n) is 4.34. The molecule has 19 heavy (non-hydrogen) atoms. The molecule has 1 unspecified atom stereocenters. The van der Waals surface area contributed by atoms with Crippen molar-refractivity contribution in [1.29, 1.82) is 0 Å². The third-order valence-electron chi connectivity index (χ3n) is 3.26. The van der Waals surface area contributed by atoms with Gasteiger partial charge in [-0.2, -0.15) is 0 Å². The molecule has 1 aromatic rings. The molecule has 1 aliphatic heterocycles. The molecule has 0 aromatic carbocycles. The van der Waals surface area contributed by atoms with E-state index in [-0.39, 0.29) is 22.7 Å². The van der Waals surface area contributed by atoms with Crippen molar-refractivity contribution in [1.82, 2.24) is 15.3 Å². The minimum absolute atomic E-state index is 0.0775. The monoisotopic (exact) mass is 282 g/mol. The molecule has 0 spiro atoms. The van der Waals surface area contributed by atoms with Gasteiger partial charge in [0.15, 0.2) is 6.29 Å². The molecule has 102 valence electrons. The number of aromatic nitrogens is 2. The maximum Gasteiger partial charge on any atom is 0.242 e. The zero-order valence-corrected chi connectivity index (χ0v) is 11.4. The van der Waals surface area contributed by atoms with Gasteiger partial charge >= 0.3 is 0 Å². The normalized spacial score (nSPS) is 19.1. The van der Waals surface area contributed by atoms with Crippen LogP contribution in [0.2, 0.25) is 5.15 Å². The van der Waals surface area contributed by atoms with Crippen LogP contribution in [0.25, 0.3) is 0 Å². The van der Waals surface area contributed by atoms with Gasteiger partial charge in [0.2, 0.25) is 5.91 Å². The van der Waals surface area contributed by atoms with E-state index in [1.165, 1.54) is 6.33 Å². The zero-order chi connectivity index (χ0) is 13.8. The number of amides is 1. The lowest BCUT2D eigenvalue weighted by atomic mass is 10.0. The number of anilines is 1. The van der Waals surface area contributed by atoms with Crippen LogP contribution in [0.1, 0.15) is 29.6 Å². The first-order chi connectivity index (χ1) is 9.19. The van der Waals surface area contributed by atoms with Crippen molar-refractivity contribution >= 4 is 29.6 Å². The molecule has 2 rings (SSSR count). The zero-order valence-electron chi connectivity index (χ0n) is 10.6. The van der Waals surface area contributed by atoms with Crippen molar-refractivity contribution < 1.29 is 9.59 Å². The SMILES string of the molecule is CNC(=O)C1CCCCN1c1ncnc(Cl)c1C=O. The number of nitrogens with zero attached hydrogens (tertiary/aromatic N) is 3. The molecule has 1 fully saturated rings. The molecule has 1 saturated heterocycles. The number of hydrogen-bond donors (Lipinski definition) is 1. The van der Waals surface area contributed by atoms with Gasteiger partial charge in [-0.3, -0.25) is 9.59 Å². The summed E-state index contributed by atoms with van der Waals surface area (Å²) in [5, 5.41) is 2.75. The van der Waals surface area contributed by atoms with E-state index in [9.17, 15) is 9.59 Å². The Morgan fingerprint density at radius 3 is 3.00 bits per heavy atom. The Morgan fingerprint density at radius 2 is 2.32 bits per heavy atom. The van der Waals surface area contributed by atoms with Gasteiger partial charge < -0.3 is 10.2 Å². The number of carbonyl (C=O) groups is 2. The summed E-state index contributed by atoms with van der Waals surface area (Å²) >= 11 is 5.90. The van der Waals surface area contributed by atoms with Crippen molar-refractivity contribution in [3.05, 3.63) is 17.0 Å². The van der Waals surface area contributed by atoms with Crippen LogP contribution < -0.4 is 10.2 Å². The van der Waals surface area contributed by atoms with E-state index in [1.54, 1.807) is 7.05 Å². The van der Waals surface area contributed by atoms with Crippen molar-refractivity contribution in [2.45, 2.75) is 25.3 Å². The summed E-state index contributed by atoms with van der Waals surface area (Å²) in [6.45, 7) is 0.673. The van der Waals surface area contributed by atoms with Crippen molar-refractivity contribution in [3.63, 3.8) is 0 Å². The third kappa shape index (κ3) is 2.68. The summed E-state index contributed by atoms with van der Waals surface area (Å²) in [6, 6.07) is -0.316. The van der Waals surface area contributed by atoms with Crippen molar-refractivity contribution in [2.24, 2.45) is 0 Å².